The van der Waals surface area contributed by atoms with E-state index >= 15 is 0 Å². The van der Waals surface area contributed by atoms with Crippen LogP contribution in [0.1, 0.15) is 27.2 Å². The first-order valence-electron chi connectivity index (χ1n) is 4.06. The molecular formula is C8H17KO3. The Balaban J connectivity index is 0. The summed E-state index contributed by atoms with van der Waals surface area (Å²) in [7, 11) is 0. The van der Waals surface area contributed by atoms with Gasteiger partial charge in [-0.25, -0.2) is 0 Å². The van der Waals surface area contributed by atoms with Gasteiger partial charge in [0.2, 0.25) is 0 Å². The van der Waals surface area contributed by atoms with Crippen LogP contribution in [-0.2, 0) is 4.74 Å². The normalized spacial score (nSPS) is 34.2. The Kier molecular flexibility index (Phi) is 10.5. The van der Waals surface area contributed by atoms with Crippen LogP contribution in [0.2, 0.25) is 0 Å². The number of aliphatic hydroxyl groups is 1. The summed E-state index contributed by atoms with van der Waals surface area (Å²) in [6.07, 6.45) is -0.429. The molecule has 0 saturated carbocycles. The minimum Gasteiger partial charge on any atom is -0.850 e. The van der Waals surface area contributed by atoms with Crippen molar-refractivity contribution in [2.45, 2.75) is 38.9 Å². The maximum Gasteiger partial charge on any atom is 1.00 e. The van der Waals surface area contributed by atoms with E-state index in [1.165, 1.54) is 0 Å². The molecule has 1 aliphatic heterocycles. The summed E-state index contributed by atoms with van der Waals surface area (Å²) in [5.74, 6) is 0. The van der Waals surface area contributed by atoms with E-state index in [2.05, 4.69) is 0 Å². The van der Waals surface area contributed by atoms with Gasteiger partial charge in [0.05, 0.1) is 12.2 Å². The summed E-state index contributed by atoms with van der Waals surface area (Å²) in [6, 6.07) is 0. The SMILES string of the molecule is CC.CC1(O)COCC([O-])C1.[K+]. The first-order valence-corrected chi connectivity index (χ1v) is 4.06. The molecular weight excluding hydrogens is 183 g/mol. The summed E-state index contributed by atoms with van der Waals surface area (Å²) in [5.41, 5.74) is -0.884. The van der Waals surface area contributed by atoms with E-state index < -0.39 is 11.7 Å². The third-order valence-electron chi connectivity index (χ3n) is 1.38. The molecule has 1 aliphatic rings. The van der Waals surface area contributed by atoms with Gasteiger partial charge in [0.25, 0.3) is 0 Å². The van der Waals surface area contributed by atoms with Crippen LogP contribution in [-0.4, -0.2) is 30.0 Å². The average molecular weight is 200 g/mol. The molecule has 68 valence electrons. The zero-order valence-electron chi connectivity index (χ0n) is 8.46. The molecule has 4 heteroatoms. The van der Waals surface area contributed by atoms with Gasteiger partial charge in [0.1, 0.15) is 0 Å². The molecule has 0 aromatic heterocycles. The zero-order valence-corrected chi connectivity index (χ0v) is 11.6. The summed E-state index contributed by atoms with van der Waals surface area (Å²) in [6.45, 7) is 6.17. The van der Waals surface area contributed by atoms with Gasteiger partial charge < -0.3 is 14.9 Å². The van der Waals surface area contributed by atoms with Crippen molar-refractivity contribution < 1.29 is 66.3 Å². The molecule has 0 aromatic rings. The first kappa shape index (κ1) is 16.0. The van der Waals surface area contributed by atoms with Gasteiger partial charge in [-0.15, -0.1) is 0 Å². The Labute approximate surface area is 117 Å². The number of rotatable bonds is 0. The van der Waals surface area contributed by atoms with Crippen molar-refractivity contribution >= 4 is 0 Å². The van der Waals surface area contributed by atoms with Crippen LogP contribution in [0.15, 0.2) is 0 Å². The molecule has 1 N–H and O–H groups in total. The topological polar surface area (TPSA) is 52.5 Å². The first-order chi connectivity index (χ1) is 5.10. The monoisotopic (exact) mass is 200 g/mol. The van der Waals surface area contributed by atoms with Crippen LogP contribution in [0.25, 0.3) is 0 Å². The van der Waals surface area contributed by atoms with Gasteiger partial charge in [0, 0.05) is 6.61 Å². The molecule has 1 fully saturated rings. The second kappa shape index (κ2) is 7.88. The van der Waals surface area contributed by atoms with E-state index in [4.69, 9.17) is 4.74 Å². The molecule has 1 rings (SSSR count). The summed E-state index contributed by atoms with van der Waals surface area (Å²) in [4.78, 5) is 0. The van der Waals surface area contributed by atoms with Gasteiger partial charge in [-0.05, 0) is 13.3 Å². The minimum absolute atomic E-state index is 0. The summed E-state index contributed by atoms with van der Waals surface area (Å²) in [5, 5.41) is 19.9. The maximum absolute atomic E-state index is 10.7. The van der Waals surface area contributed by atoms with E-state index in [0.29, 0.717) is 13.0 Å². The van der Waals surface area contributed by atoms with Crippen LogP contribution in [0.3, 0.4) is 0 Å². The van der Waals surface area contributed by atoms with Crippen molar-refractivity contribution in [3.8, 4) is 0 Å². The van der Waals surface area contributed by atoms with Crippen LogP contribution in [0, 0.1) is 0 Å². The molecule has 0 bridgehead atoms. The Hall–Kier alpha value is 1.52. The van der Waals surface area contributed by atoms with E-state index in [-0.39, 0.29) is 58.0 Å². The molecule has 1 saturated heterocycles. The van der Waals surface area contributed by atoms with Crippen molar-refractivity contribution in [2.24, 2.45) is 0 Å². The Bertz CT molecular complexity index is 106. The standard InChI is InChI=1S/C6H11O3.C2H6.K/c1-6(8)2-5(7)3-9-4-6;1-2;/h5,8H,2-4H2,1H3;1-2H3;/q-1;;+1. The van der Waals surface area contributed by atoms with Crippen LogP contribution in [0.5, 0.6) is 0 Å². The Morgan fingerprint density at radius 2 is 2.00 bits per heavy atom. The van der Waals surface area contributed by atoms with E-state index in [1.807, 2.05) is 13.8 Å². The van der Waals surface area contributed by atoms with Crippen molar-refractivity contribution in [1.29, 1.82) is 0 Å². The Morgan fingerprint density at radius 3 is 2.25 bits per heavy atom. The molecule has 2 unspecified atom stereocenters. The molecule has 0 spiro atoms. The fraction of sp³-hybridized carbons (Fsp3) is 1.00. The van der Waals surface area contributed by atoms with Crippen LogP contribution >= 0.6 is 0 Å². The van der Waals surface area contributed by atoms with Crippen molar-refractivity contribution in [1.82, 2.24) is 0 Å². The van der Waals surface area contributed by atoms with Gasteiger partial charge in [0.15, 0.2) is 0 Å². The Morgan fingerprint density at radius 1 is 1.50 bits per heavy atom. The molecule has 1 heterocycles. The van der Waals surface area contributed by atoms with E-state index in [0.717, 1.165) is 0 Å². The van der Waals surface area contributed by atoms with E-state index in [1.54, 1.807) is 6.92 Å². The molecule has 0 amide bonds. The largest absolute Gasteiger partial charge is 1.00 e. The number of hydrogen-bond acceptors (Lipinski definition) is 3. The molecule has 0 aliphatic carbocycles. The van der Waals surface area contributed by atoms with Gasteiger partial charge in [-0.2, -0.15) is 0 Å². The van der Waals surface area contributed by atoms with Crippen molar-refractivity contribution in [2.75, 3.05) is 13.2 Å². The van der Waals surface area contributed by atoms with Gasteiger partial charge >= 0.3 is 51.4 Å². The third-order valence-corrected chi connectivity index (χ3v) is 1.38. The fourth-order valence-corrected chi connectivity index (χ4v) is 1.02. The second-order valence-electron chi connectivity index (χ2n) is 2.84. The predicted octanol–water partition coefficient (Wildman–Crippen LogP) is -3.08. The van der Waals surface area contributed by atoms with Gasteiger partial charge in [-0.1, -0.05) is 20.0 Å². The maximum atomic E-state index is 10.7. The smallest absolute Gasteiger partial charge is 0.850 e. The van der Waals surface area contributed by atoms with Crippen molar-refractivity contribution in [3.63, 3.8) is 0 Å². The second-order valence-corrected chi connectivity index (χ2v) is 2.84. The number of ether oxygens (including phenoxy) is 1. The number of hydrogen-bond donors (Lipinski definition) is 1. The molecule has 0 radical (unpaired) electrons. The summed E-state index contributed by atoms with van der Waals surface area (Å²) >= 11 is 0. The molecule has 3 nitrogen and oxygen atoms in total. The predicted molar refractivity (Wildman–Crippen MR) is 41.2 cm³/mol. The van der Waals surface area contributed by atoms with Crippen LogP contribution in [0.4, 0.5) is 0 Å². The zero-order chi connectivity index (χ0) is 8.91. The third kappa shape index (κ3) is 6.97. The average Bonchev–Trinajstić information content (AvgIpc) is 1.89. The molecule has 0 aromatic carbocycles. The van der Waals surface area contributed by atoms with Gasteiger partial charge in [-0.3, -0.25) is 0 Å². The minimum atomic E-state index is -0.884. The van der Waals surface area contributed by atoms with Crippen LogP contribution < -0.4 is 56.5 Å². The summed E-state index contributed by atoms with van der Waals surface area (Å²) < 4.78 is 4.83. The molecule has 12 heavy (non-hydrogen) atoms. The molecule has 2 atom stereocenters. The van der Waals surface area contributed by atoms with E-state index in [9.17, 15) is 10.2 Å². The fourth-order valence-electron chi connectivity index (χ4n) is 1.02. The quantitative estimate of drug-likeness (QED) is 0.422. The van der Waals surface area contributed by atoms with Crippen molar-refractivity contribution in [3.05, 3.63) is 0 Å².